The summed E-state index contributed by atoms with van der Waals surface area (Å²) in [4.78, 5) is 2.11. The van der Waals surface area contributed by atoms with Crippen molar-refractivity contribution in [3.63, 3.8) is 0 Å². The van der Waals surface area contributed by atoms with Gasteiger partial charge in [-0.2, -0.15) is 4.57 Å². The molecule has 0 aliphatic rings. The second-order valence-corrected chi connectivity index (χ2v) is 6.38. The van der Waals surface area contributed by atoms with E-state index in [1.807, 2.05) is 0 Å². The molecule has 2 nitrogen and oxygen atoms in total. The molecule has 2 aromatic carbocycles. The van der Waals surface area contributed by atoms with Crippen LogP contribution in [0.5, 0.6) is 0 Å². The molecule has 0 saturated carbocycles. The Bertz CT molecular complexity index is 874. The second-order valence-electron chi connectivity index (χ2n) is 6.38. The Labute approximate surface area is 144 Å². The molecule has 0 amide bonds. The smallest absolute Gasteiger partial charge is 0.212 e. The predicted octanol–water partition coefficient (Wildman–Crippen LogP) is 4.69. The van der Waals surface area contributed by atoms with E-state index in [1.54, 1.807) is 0 Å². The number of anilines is 1. The number of aromatic nitrogens is 1. The second kappa shape index (κ2) is 6.88. The van der Waals surface area contributed by atoms with Crippen LogP contribution >= 0.6 is 0 Å². The number of rotatable bonds is 4. The SMILES string of the molecule is CC[n+]1c(/C=C/c2ccc(N(C)C)cc2)ccc2cc(C)ccc21. The molecule has 24 heavy (non-hydrogen) atoms. The van der Waals surface area contributed by atoms with Gasteiger partial charge >= 0.3 is 0 Å². The minimum atomic E-state index is 0.958. The molecular weight excluding hydrogens is 292 g/mol. The zero-order valence-corrected chi connectivity index (χ0v) is 15.0. The van der Waals surface area contributed by atoms with Gasteiger partial charge in [0, 0.05) is 43.4 Å². The molecule has 0 unspecified atom stereocenters. The number of aryl methyl sites for hydroxylation is 2. The average molecular weight is 317 g/mol. The highest BCUT2D eigenvalue weighted by atomic mass is 15.1. The summed E-state index contributed by atoms with van der Waals surface area (Å²) in [6.07, 6.45) is 4.38. The highest BCUT2D eigenvalue weighted by Gasteiger charge is 2.11. The molecule has 1 heterocycles. The molecule has 122 valence electrons. The summed E-state index contributed by atoms with van der Waals surface area (Å²) in [5.41, 5.74) is 6.25. The lowest BCUT2D eigenvalue weighted by Crippen LogP contribution is -2.36. The summed E-state index contributed by atoms with van der Waals surface area (Å²) < 4.78 is 2.36. The summed E-state index contributed by atoms with van der Waals surface area (Å²) in [6, 6.07) is 19.7. The standard InChI is InChI=1S/C22H25N2/c1-5-24-21(14-10-19-16-17(2)6-15-22(19)24)13-9-18-7-11-20(12-8-18)23(3)4/h6-16H,5H2,1-4H3/q+1. The number of pyridine rings is 1. The number of benzene rings is 2. The van der Waals surface area contributed by atoms with E-state index in [2.05, 4.69) is 104 Å². The Hall–Kier alpha value is -2.61. The fourth-order valence-electron chi connectivity index (χ4n) is 3.02. The van der Waals surface area contributed by atoms with Gasteiger partial charge < -0.3 is 4.90 Å². The van der Waals surface area contributed by atoms with Crippen molar-refractivity contribution in [2.75, 3.05) is 19.0 Å². The van der Waals surface area contributed by atoms with Crippen LogP contribution < -0.4 is 9.47 Å². The van der Waals surface area contributed by atoms with Gasteiger partial charge in [-0.1, -0.05) is 23.8 Å². The molecule has 0 atom stereocenters. The minimum Gasteiger partial charge on any atom is -0.378 e. The fourth-order valence-corrected chi connectivity index (χ4v) is 3.02. The molecule has 1 aromatic heterocycles. The van der Waals surface area contributed by atoms with Crippen molar-refractivity contribution in [1.29, 1.82) is 0 Å². The van der Waals surface area contributed by atoms with Crippen molar-refractivity contribution in [3.8, 4) is 0 Å². The number of hydrogen-bond donors (Lipinski definition) is 0. The van der Waals surface area contributed by atoms with Crippen LogP contribution in [-0.2, 0) is 6.54 Å². The lowest BCUT2D eigenvalue weighted by Gasteiger charge is -2.11. The molecule has 3 rings (SSSR count). The Morgan fingerprint density at radius 1 is 0.917 bits per heavy atom. The first-order chi connectivity index (χ1) is 11.6. The normalized spacial score (nSPS) is 11.3. The summed E-state index contributed by atoms with van der Waals surface area (Å²) in [6.45, 7) is 5.29. The highest BCUT2D eigenvalue weighted by molar-refractivity contribution is 5.78. The van der Waals surface area contributed by atoms with E-state index in [4.69, 9.17) is 0 Å². The highest BCUT2D eigenvalue weighted by Crippen LogP contribution is 2.16. The van der Waals surface area contributed by atoms with Crippen molar-refractivity contribution in [2.24, 2.45) is 0 Å². The van der Waals surface area contributed by atoms with Crippen molar-refractivity contribution in [2.45, 2.75) is 20.4 Å². The van der Waals surface area contributed by atoms with Gasteiger partial charge in [0.2, 0.25) is 11.2 Å². The van der Waals surface area contributed by atoms with Gasteiger partial charge in [-0.25, -0.2) is 0 Å². The van der Waals surface area contributed by atoms with Gasteiger partial charge in [0.15, 0.2) is 0 Å². The van der Waals surface area contributed by atoms with Gasteiger partial charge in [0.25, 0.3) is 0 Å². The maximum Gasteiger partial charge on any atom is 0.212 e. The summed E-state index contributed by atoms with van der Waals surface area (Å²) in [5, 5.41) is 1.30. The van der Waals surface area contributed by atoms with Crippen LogP contribution in [0.15, 0.2) is 54.6 Å². The van der Waals surface area contributed by atoms with E-state index in [1.165, 1.54) is 33.4 Å². The third kappa shape index (κ3) is 3.33. The Morgan fingerprint density at radius 3 is 2.33 bits per heavy atom. The van der Waals surface area contributed by atoms with Gasteiger partial charge in [-0.05, 0) is 49.8 Å². The van der Waals surface area contributed by atoms with Crippen LogP contribution in [0.4, 0.5) is 5.69 Å². The zero-order chi connectivity index (χ0) is 17.1. The number of hydrogen-bond acceptors (Lipinski definition) is 1. The molecule has 0 aliphatic carbocycles. The monoisotopic (exact) mass is 317 g/mol. The van der Waals surface area contributed by atoms with E-state index in [-0.39, 0.29) is 0 Å². The van der Waals surface area contributed by atoms with Crippen molar-refractivity contribution in [3.05, 3.63) is 71.4 Å². The Kier molecular flexibility index (Phi) is 4.66. The van der Waals surface area contributed by atoms with Crippen molar-refractivity contribution < 1.29 is 4.57 Å². The molecule has 2 heteroatoms. The third-order valence-electron chi connectivity index (χ3n) is 4.39. The van der Waals surface area contributed by atoms with Gasteiger partial charge in [-0.15, -0.1) is 0 Å². The molecule has 0 fully saturated rings. The Morgan fingerprint density at radius 2 is 1.67 bits per heavy atom. The number of nitrogens with zero attached hydrogens (tertiary/aromatic N) is 2. The molecule has 0 radical (unpaired) electrons. The fraction of sp³-hybridized carbons (Fsp3) is 0.227. The van der Waals surface area contributed by atoms with Crippen LogP contribution in [0, 0.1) is 6.92 Å². The maximum atomic E-state index is 2.36. The lowest BCUT2D eigenvalue weighted by molar-refractivity contribution is -0.669. The van der Waals surface area contributed by atoms with Crippen molar-refractivity contribution in [1.82, 2.24) is 0 Å². The predicted molar refractivity (Wildman–Crippen MR) is 104 cm³/mol. The van der Waals surface area contributed by atoms with Crippen LogP contribution in [0.2, 0.25) is 0 Å². The zero-order valence-electron chi connectivity index (χ0n) is 15.0. The van der Waals surface area contributed by atoms with Crippen LogP contribution in [0.25, 0.3) is 23.1 Å². The summed E-state index contributed by atoms with van der Waals surface area (Å²) in [5.74, 6) is 0. The minimum absolute atomic E-state index is 0.958. The van der Waals surface area contributed by atoms with Crippen molar-refractivity contribution >= 4 is 28.7 Å². The number of fused-ring (bicyclic) bond motifs is 1. The van der Waals surface area contributed by atoms with Crippen LogP contribution in [-0.4, -0.2) is 14.1 Å². The molecule has 0 N–H and O–H groups in total. The largest absolute Gasteiger partial charge is 0.378 e. The van der Waals surface area contributed by atoms with Crippen LogP contribution in [0.3, 0.4) is 0 Å². The van der Waals surface area contributed by atoms with E-state index in [9.17, 15) is 0 Å². The van der Waals surface area contributed by atoms with E-state index < -0.39 is 0 Å². The van der Waals surface area contributed by atoms with Gasteiger partial charge in [-0.3, -0.25) is 0 Å². The summed E-state index contributed by atoms with van der Waals surface area (Å²) >= 11 is 0. The maximum absolute atomic E-state index is 2.36. The molecule has 3 aromatic rings. The first kappa shape index (κ1) is 16.3. The molecular formula is C22H25N2+. The topological polar surface area (TPSA) is 7.12 Å². The molecule has 0 bridgehead atoms. The van der Waals surface area contributed by atoms with E-state index >= 15 is 0 Å². The lowest BCUT2D eigenvalue weighted by atomic mass is 10.1. The quantitative estimate of drug-likeness (QED) is 0.633. The molecule has 0 saturated heterocycles. The first-order valence-electron chi connectivity index (χ1n) is 8.47. The molecule has 0 spiro atoms. The first-order valence-corrected chi connectivity index (χ1v) is 8.47. The Balaban J connectivity index is 1.95. The van der Waals surface area contributed by atoms with E-state index in [0.29, 0.717) is 0 Å². The van der Waals surface area contributed by atoms with Gasteiger partial charge in [0.05, 0.1) is 0 Å². The molecule has 0 aliphatic heterocycles. The third-order valence-corrected chi connectivity index (χ3v) is 4.39. The summed E-state index contributed by atoms with van der Waals surface area (Å²) in [7, 11) is 4.12. The van der Waals surface area contributed by atoms with Crippen LogP contribution in [0.1, 0.15) is 23.7 Å². The average Bonchev–Trinajstić information content (AvgIpc) is 2.59. The van der Waals surface area contributed by atoms with E-state index in [0.717, 1.165) is 6.54 Å². The van der Waals surface area contributed by atoms with Gasteiger partial charge in [0.1, 0.15) is 6.54 Å².